The summed E-state index contributed by atoms with van der Waals surface area (Å²) in [6.07, 6.45) is 0. The molecule has 0 saturated heterocycles. The molecule has 0 amide bonds. The largest absolute Gasteiger partial charge is 0.313 e. The predicted octanol–water partition coefficient (Wildman–Crippen LogP) is 2.81. The summed E-state index contributed by atoms with van der Waals surface area (Å²) in [5.41, 5.74) is 0.188. The molecule has 17 heavy (non-hydrogen) atoms. The first-order chi connectivity index (χ1) is 8.06. The maximum Gasteiger partial charge on any atom is 0.169 e. The number of aryl methyl sites for hydroxylation is 1. The van der Waals surface area contributed by atoms with E-state index in [0.29, 0.717) is 11.4 Å². The normalized spacial score (nSPS) is 10.9. The third-order valence-corrected chi connectivity index (χ3v) is 2.83. The Morgan fingerprint density at radius 2 is 2.00 bits per heavy atom. The van der Waals surface area contributed by atoms with Crippen LogP contribution in [0.4, 0.5) is 8.78 Å². The minimum atomic E-state index is -0.662. The van der Waals surface area contributed by atoms with E-state index in [-0.39, 0.29) is 17.3 Å². The van der Waals surface area contributed by atoms with Gasteiger partial charge in [-0.25, -0.2) is 8.78 Å². The second-order valence-electron chi connectivity index (χ2n) is 3.69. The zero-order valence-electron chi connectivity index (χ0n) is 9.34. The van der Waals surface area contributed by atoms with E-state index in [1.54, 1.807) is 14.0 Å². The van der Waals surface area contributed by atoms with Crippen LogP contribution in [0.15, 0.2) is 12.1 Å². The van der Waals surface area contributed by atoms with Gasteiger partial charge in [0.1, 0.15) is 17.5 Å². The summed E-state index contributed by atoms with van der Waals surface area (Å²) < 4.78 is 29.0. The van der Waals surface area contributed by atoms with Crippen LogP contribution in [0.2, 0.25) is 0 Å². The van der Waals surface area contributed by atoms with E-state index in [1.165, 1.54) is 16.7 Å². The molecule has 2 aromatic rings. The molecule has 0 aliphatic heterocycles. The molecule has 0 atom stereocenters. The minimum Gasteiger partial charge on any atom is -0.313 e. The van der Waals surface area contributed by atoms with E-state index in [9.17, 15) is 8.78 Å². The van der Waals surface area contributed by atoms with E-state index in [2.05, 4.69) is 10.2 Å². The molecule has 1 aromatic heterocycles. The second-order valence-corrected chi connectivity index (χ2v) is 3.95. The van der Waals surface area contributed by atoms with Crippen molar-refractivity contribution in [3.05, 3.63) is 35.2 Å². The third kappa shape index (κ3) is 1.91. The van der Waals surface area contributed by atoms with Crippen LogP contribution in [0.1, 0.15) is 11.4 Å². The van der Waals surface area contributed by atoms with Crippen LogP contribution in [0, 0.1) is 18.6 Å². The lowest BCUT2D eigenvalue weighted by Gasteiger charge is -2.07. The highest BCUT2D eigenvalue weighted by atomic mass is 35.5. The van der Waals surface area contributed by atoms with E-state index in [1.807, 2.05) is 0 Å². The number of alkyl halides is 1. The van der Waals surface area contributed by atoms with Gasteiger partial charge in [-0.1, -0.05) is 6.07 Å². The van der Waals surface area contributed by atoms with Crippen LogP contribution in [0.5, 0.6) is 0 Å². The third-order valence-electron chi connectivity index (χ3n) is 2.59. The van der Waals surface area contributed by atoms with Gasteiger partial charge in [-0.2, -0.15) is 0 Å². The van der Waals surface area contributed by atoms with Crippen molar-refractivity contribution in [1.82, 2.24) is 14.8 Å². The molecule has 3 nitrogen and oxygen atoms in total. The number of hydrogen-bond acceptors (Lipinski definition) is 2. The molecule has 90 valence electrons. The molecule has 1 heterocycles. The maximum atomic E-state index is 13.9. The Morgan fingerprint density at radius 3 is 2.59 bits per heavy atom. The van der Waals surface area contributed by atoms with Crippen molar-refractivity contribution in [2.75, 3.05) is 0 Å². The number of aromatic nitrogens is 3. The molecule has 0 bridgehead atoms. The topological polar surface area (TPSA) is 30.7 Å². The van der Waals surface area contributed by atoms with E-state index < -0.39 is 11.6 Å². The number of rotatable bonds is 2. The van der Waals surface area contributed by atoms with E-state index in [0.717, 1.165) is 0 Å². The molecule has 0 unspecified atom stereocenters. The number of benzene rings is 1. The van der Waals surface area contributed by atoms with Crippen molar-refractivity contribution in [2.45, 2.75) is 12.8 Å². The Labute approximate surface area is 102 Å². The van der Waals surface area contributed by atoms with Gasteiger partial charge in [-0.3, -0.25) is 0 Å². The minimum absolute atomic E-state index is 0.137. The average molecular weight is 258 g/mol. The van der Waals surface area contributed by atoms with E-state index >= 15 is 0 Å². The fourth-order valence-electron chi connectivity index (χ4n) is 1.56. The molecule has 1 aromatic carbocycles. The smallest absolute Gasteiger partial charge is 0.169 e. The van der Waals surface area contributed by atoms with Gasteiger partial charge in [-0.05, 0) is 18.6 Å². The van der Waals surface area contributed by atoms with Gasteiger partial charge in [0, 0.05) is 7.05 Å². The van der Waals surface area contributed by atoms with Crippen molar-refractivity contribution in [3.63, 3.8) is 0 Å². The first-order valence-corrected chi connectivity index (χ1v) is 5.49. The van der Waals surface area contributed by atoms with Crippen molar-refractivity contribution < 1.29 is 8.78 Å². The quantitative estimate of drug-likeness (QED) is 0.775. The molecule has 0 spiro atoms. The summed E-state index contributed by atoms with van der Waals surface area (Å²) in [6.45, 7) is 1.57. The lowest BCUT2D eigenvalue weighted by molar-refractivity contribution is 0.580. The lowest BCUT2D eigenvalue weighted by atomic mass is 10.1. The maximum absolute atomic E-state index is 13.9. The molecule has 0 aliphatic rings. The zero-order valence-corrected chi connectivity index (χ0v) is 10.1. The Bertz CT molecular complexity index is 566. The molecule has 2 rings (SSSR count). The number of hydrogen-bond donors (Lipinski definition) is 0. The van der Waals surface area contributed by atoms with Crippen LogP contribution >= 0.6 is 11.6 Å². The fraction of sp³-hybridized carbons (Fsp3) is 0.273. The first-order valence-electron chi connectivity index (χ1n) is 4.95. The second kappa shape index (κ2) is 4.41. The van der Waals surface area contributed by atoms with Crippen LogP contribution in [0.3, 0.4) is 0 Å². The summed E-state index contributed by atoms with van der Waals surface area (Å²) in [5, 5.41) is 7.54. The Morgan fingerprint density at radius 1 is 1.29 bits per heavy atom. The van der Waals surface area contributed by atoms with Gasteiger partial charge < -0.3 is 4.57 Å². The van der Waals surface area contributed by atoms with Crippen molar-refractivity contribution in [1.29, 1.82) is 0 Å². The molecular weight excluding hydrogens is 248 g/mol. The van der Waals surface area contributed by atoms with Crippen molar-refractivity contribution in [3.8, 4) is 11.4 Å². The predicted molar refractivity (Wildman–Crippen MR) is 60.6 cm³/mol. The molecule has 0 saturated carbocycles. The van der Waals surface area contributed by atoms with Crippen molar-refractivity contribution in [2.24, 2.45) is 7.05 Å². The van der Waals surface area contributed by atoms with Crippen LogP contribution in [-0.2, 0) is 12.9 Å². The van der Waals surface area contributed by atoms with Crippen LogP contribution in [-0.4, -0.2) is 14.8 Å². The Balaban J connectivity index is 2.68. The Hall–Kier alpha value is -1.49. The summed E-state index contributed by atoms with van der Waals surface area (Å²) in [6, 6.07) is 2.59. The zero-order chi connectivity index (χ0) is 12.6. The molecule has 6 heteroatoms. The molecule has 0 aliphatic carbocycles. The average Bonchev–Trinajstić information content (AvgIpc) is 2.66. The van der Waals surface area contributed by atoms with Gasteiger partial charge in [-0.15, -0.1) is 21.8 Å². The van der Waals surface area contributed by atoms with Crippen LogP contribution < -0.4 is 0 Å². The number of halogens is 3. The standard InChI is InChI=1S/C11H10ClF2N3/c1-6-3-4-7(13)9(10(6)14)11-16-15-8(5-12)17(11)2/h3-4H,5H2,1-2H3. The lowest BCUT2D eigenvalue weighted by Crippen LogP contribution is -2.01. The van der Waals surface area contributed by atoms with Crippen LogP contribution in [0.25, 0.3) is 11.4 Å². The van der Waals surface area contributed by atoms with Gasteiger partial charge >= 0.3 is 0 Å². The highest BCUT2D eigenvalue weighted by Gasteiger charge is 2.19. The number of nitrogens with zero attached hydrogens (tertiary/aromatic N) is 3. The molecule has 0 fully saturated rings. The fourth-order valence-corrected chi connectivity index (χ4v) is 1.79. The summed E-state index contributed by atoms with van der Waals surface area (Å²) in [4.78, 5) is 0. The van der Waals surface area contributed by atoms with E-state index in [4.69, 9.17) is 11.6 Å². The SMILES string of the molecule is Cc1ccc(F)c(-c2nnc(CCl)n2C)c1F. The van der Waals surface area contributed by atoms with Crippen molar-refractivity contribution >= 4 is 11.6 Å². The molecule has 0 radical (unpaired) electrons. The monoisotopic (exact) mass is 257 g/mol. The molecular formula is C11H10ClF2N3. The van der Waals surface area contributed by atoms with Gasteiger partial charge in [0.2, 0.25) is 0 Å². The summed E-state index contributed by atoms with van der Waals surface area (Å²) >= 11 is 5.63. The van der Waals surface area contributed by atoms with Gasteiger partial charge in [0.05, 0.1) is 11.4 Å². The summed E-state index contributed by atoms with van der Waals surface area (Å²) in [7, 11) is 1.62. The summed E-state index contributed by atoms with van der Waals surface area (Å²) in [5.74, 6) is -0.550. The first kappa shape index (κ1) is 12.0. The van der Waals surface area contributed by atoms with Gasteiger partial charge in [0.25, 0.3) is 0 Å². The highest BCUT2D eigenvalue weighted by Crippen LogP contribution is 2.26. The Kier molecular flexibility index (Phi) is 3.11. The molecule has 0 N–H and O–H groups in total. The van der Waals surface area contributed by atoms with Gasteiger partial charge in [0.15, 0.2) is 5.82 Å². The highest BCUT2D eigenvalue weighted by molar-refractivity contribution is 6.16.